The smallest absolute Gasteiger partial charge is 0.0378 e. The van der Waals surface area contributed by atoms with E-state index in [0.29, 0.717) is 12.1 Å². The van der Waals surface area contributed by atoms with Gasteiger partial charge in [0.2, 0.25) is 0 Å². The standard InChI is InChI=1S/C16H28N2/c1-7-13-9-16(18-12(5)6)14(8-2)10-15(13)17-11(3)4/h9-12,17-18H,7-8H2,1-6H3. The SMILES string of the molecule is CCc1cc(NC(C)C)c(CC)cc1NC(C)C. The van der Waals surface area contributed by atoms with Crippen molar-refractivity contribution in [2.24, 2.45) is 0 Å². The van der Waals surface area contributed by atoms with E-state index in [1.54, 1.807) is 0 Å². The van der Waals surface area contributed by atoms with Crippen LogP contribution in [0.1, 0.15) is 52.7 Å². The molecule has 0 aliphatic carbocycles. The van der Waals surface area contributed by atoms with Crippen LogP contribution in [-0.2, 0) is 12.8 Å². The van der Waals surface area contributed by atoms with Crippen LogP contribution < -0.4 is 10.6 Å². The van der Waals surface area contributed by atoms with Crippen LogP contribution >= 0.6 is 0 Å². The molecule has 1 aromatic rings. The van der Waals surface area contributed by atoms with Gasteiger partial charge in [0.15, 0.2) is 0 Å². The molecule has 0 aliphatic rings. The van der Waals surface area contributed by atoms with Gasteiger partial charge in [-0.3, -0.25) is 0 Å². The summed E-state index contributed by atoms with van der Waals surface area (Å²) in [6, 6.07) is 5.57. The van der Waals surface area contributed by atoms with Crippen molar-refractivity contribution in [3.63, 3.8) is 0 Å². The van der Waals surface area contributed by atoms with Gasteiger partial charge in [0.25, 0.3) is 0 Å². The van der Waals surface area contributed by atoms with Crippen LogP contribution in [-0.4, -0.2) is 12.1 Å². The zero-order chi connectivity index (χ0) is 13.7. The summed E-state index contributed by atoms with van der Waals surface area (Å²) in [5.41, 5.74) is 5.37. The third-order valence-corrected chi connectivity index (χ3v) is 2.98. The number of nitrogens with one attached hydrogen (secondary N) is 2. The molecule has 0 fully saturated rings. The quantitative estimate of drug-likeness (QED) is 0.777. The molecule has 0 bridgehead atoms. The highest BCUT2D eigenvalue weighted by atomic mass is 14.9. The molecule has 0 amide bonds. The van der Waals surface area contributed by atoms with E-state index in [0.717, 1.165) is 12.8 Å². The predicted octanol–water partition coefficient (Wildman–Crippen LogP) is 4.45. The third-order valence-electron chi connectivity index (χ3n) is 2.98. The van der Waals surface area contributed by atoms with E-state index in [9.17, 15) is 0 Å². The second-order valence-electron chi connectivity index (χ2n) is 5.47. The van der Waals surface area contributed by atoms with Crippen molar-refractivity contribution in [2.45, 2.75) is 66.5 Å². The summed E-state index contributed by atoms with van der Waals surface area (Å²) in [7, 11) is 0. The first-order valence-electron chi connectivity index (χ1n) is 7.16. The first kappa shape index (κ1) is 14.9. The lowest BCUT2D eigenvalue weighted by Crippen LogP contribution is -2.15. The summed E-state index contributed by atoms with van der Waals surface area (Å²) < 4.78 is 0. The monoisotopic (exact) mass is 248 g/mol. The average Bonchev–Trinajstić information content (AvgIpc) is 2.29. The molecule has 1 rings (SSSR count). The highest BCUT2D eigenvalue weighted by molar-refractivity contribution is 5.65. The summed E-state index contributed by atoms with van der Waals surface area (Å²) >= 11 is 0. The van der Waals surface area contributed by atoms with Gasteiger partial charge in [0.05, 0.1) is 0 Å². The molecule has 0 heterocycles. The molecule has 0 radical (unpaired) electrons. The molecule has 0 saturated heterocycles. The van der Waals surface area contributed by atoms with Crippen molar-refractivity contribution in [3.05, 3.63) is 23.3 Å². The topological polar surface area (TPSA) is 24.1 Å². The van der Waals surface area contributed by atoms with Crippen LogP contribution in [0, 0.1) is 0 Å². The molecule has 18 heavy (non-hydrogen) atoms. The molecular formula is C16H28N2. The van der Waals surface area contributed by atoms with E-state index >= 15 is 0 Å². The lowest BCUT2D eigenvalue weighted by atomic mass is 10.0. The zero-order valence-corrected chi connectivity index (χ0v) is 12.7. The number of hydrogen-bond acceptors (Lipinski definition) is 2. The Morgan fingerprint density at radius 1 is 0.778 bits per heavy atom. The number of aryl methyl sites for hydroxylation is 2. The van der Waals surface area contributed by atoms with Crippen molar-refractivity contribution in [1.29, 1.82) is 0 Å². The molecule has 0 spiro atoms. The Balaban J connectivity index is 3.14. The first-order chi connectivity index (χ1) is 8.47. The molecule has 2 heteroatoms. The van der Waals surface area contributed by atoms with Gasteiger partial charge in [0, 0.05) is 23.5 Å². The van der Waals surface area contributed by atoms with Gasteiger partial charge in [-0.2, -0.15) is 0 Å². The van der Waals surface area contributed by atoms with Crippen molar-refractivity contribution >= 4 is 11.4 Å². The number of rotatable bonds is 6. The fourth-order valence-corrected chi connectivity index (χ4v) is 2.17. The van der Waals surface area contributed by atoms with E-state index in [4.69, 9.17) is 0 Å². The summed E-state index contributed by atoms with van der Waals surface area (Å²) in [5, 5.41) is 7.10. The molecule has 1 aromatic carbocycles. The van der Waals surface area contributed by atoms with Gasteiger partial charge in [-0.25, -0.2) is 0 Å². The van der Waals surface area contributed by atoms with Crippen LogP contribution in [0.5, 0.6) is 0 Å². The molecule has 102 valence electrons. The van der Waals surface area contributed by atoms with Gasteiger partial charge in [-0.15, -0.1) is 0 Å². The maximum atomic E-state index is 3.55. The number of anilines is 2. The largest absolute Gasteiger partial charge is 0.383 e. The Hall–Kier alpha value is -1.18. The van der Waals surface area contributed by atoms with E-state index in [2.05, 4.69) is 64.3 Å². The van der Waals surface area contributed by atoms with E-state index in [1.165, 1.54) is 22.5 Å². The zero-order valence-electron chi connectivity index (χ0n) is 12.7. The Labute approximate surface area is 112 Å². The van der Waals surface area contributed by atoms with Crippen molar-refractivity contribution in [3.8, 4) is 0 Å². The second kappa shape index (κ2) is 6.67. The number of benzene rings is 1. The summed E-state index contributed by atoms with van der Waals surface area (Å²) in [5.74, 6) is 0. The normalized spacial score (nSPS) is 11.1. The van der Waals surface area contributed by atoms with Gasteiger partial charge in [-0.1, -0.05) is 13.8 Å². The van der Waals surface area contributed by atoms with Crippen molar-refractivity contribution in [1.82, 2.24) is 0 Å². The lowest BCUT2D eigenvalue weighted by molar-refractivity contribution is 0.883. The van der Waals surface area contributed by atoms with Crippen LogP contribution in [0.3, 0.4) is 0 Å². The van der Waals surface area contributed by atoms with E-state index in [-0.39, 0.29) is 0 Å². The molecular weight excluding hydrogens is 220 g/mol. The molecule has 2 nitrogen and oxygen atoms in total. The third kappa shape index (κ3) is 3.94. The molecule has 0 aliphatic heterocycles. The van der Waals surface area contributed by atoms with Crippen molar-refractivity contribution in [2.75, 3.05) is 10.6 Å². The van der Waals surface area contributed by atoms with Crippen LogP contribution in [0.2, 0.25) is 0 Å². The Morgan fingerprint density at radius 2 is 1.11 bits per heavy atom. The predicted molar refractivity (Wildman–Crippen MR) is 82.7 cm³/mol. The lowest BCUT2D eigenvalue weighted by Gasteiger charge is -2.20. The van der Waals surface area contributed by atoms with Gasteiger partial charge in [0.1, 0.15) is 0 Å². The summed E-state index contributed by atoms with van der Waals surface area (Å²) in [6.45, 7) is 13.2. The molecule has 0 saturated carbocycles. The Bertz CT molecular complexity index is 343. The minimum Gasteiger partial charge on any atom is -0.383 e. The maximum Gasteiger partial charge on any atom is 0.0378 e. The summed E-state index contributed by atoms with van der Waals surface area (Å²) in [6.07, 6.45) is 2.12. The first-order valence-corrected chi connectivity index (χ1v) is 7.16. The minimum absolute atomic E-state index is 0.476. The van der Waals surface area contributed by atoms with Gasteiger partial charge in [-0.05, 0) is 63.8 Å². The maximum absolute atomic E-state index is 3.55. The van der Waals surface area contributed by atoms with Crippen LogP contribution in [0.15, 0.2) is 12.1 Å². The van der Waals surface area contributed by atoms with Crippen LogP contribution in [0.25, 0.3) is 0 Å². The highest BCUT2D eigenvalue weighted by Crippen LogP contribution is 2.27. The van der Waals surface area contributed by atoms with Crippen molar-refractivity contribution < 1.29 is 0 Å². The van der Waals surface area contributed by atoms with E-state index < -0.39 is 0 Å². The highest BCUT2D eigenvalue weighted by Gasteiger charge is 2.09. The Morgan fingerprint density at radius 3 is 1.33 bits per heavy atom. The van der Waals surface area contributed by atoms with Gasteiger partial charge >= 0.3 is 0 Å². The molecule has 0 atom stereocenters. The molecule has 0 aromatic heterocycles. The average molecular weight is 248 g/mol. The molecule has 2 N–H and O–H groups in total. The molecule has 0 unspecified atom stereocenters. The minimum atomic E-state index is 0.476. The summed E-state index contributed by atoms with van der Waals surface area (Å²) in [4.78, 5) is 0. The Kier molecular flexibility index (Phi) is 5.52. The van der Waals surface area contributed by atoms with Gasteiger partial charge < -0.3 is 10.6 Å². The van der Waals surface area contributed by atoms with Crippen LogP contribution in [0.4, 0.5) is 11.4 Å². The number of hydrogen-bond donors (Lipinski definition) is 2. The fraction of sp³-hybridized carbons (Fsp3) is 0.625. The fourth-order valence-electron chi connectivity index (χ4n) is 2.17. The second-order valence-corrected chi connectivity index (χ2v) is 5.47. The van der Waals surface area contributed by atoms with E-state index in [1.807, 2.05) is 0 Å².